The Morgan fingerprint density at radius 3 is 2.61 bits per heavy atom. The van der Waals surface area contributed by atoms with E-state index < -0.39 is 11.9 Å². The summed E-state index contributed by atoms with van der Waals surface area (Å²) in [5.41, 5.74) is 6.39. The van der Waals surface area contributed by atoms with Crippen molar-refractivity contribution in [2.24, 2.45) is 11.7 Å². The molecule has 18 heavy (non-hydrogen) atoms. The molecule has 1 fully saturated rings. The molecule has 96 valence electrons. The SMILES string of the molecule is CCC(NC(=O)[C@@H]1C[C@H]1c1ccccc1)C(N)=O. The molecule has 3 N–H and O–H groups in total. The molecule has 3 atom stereocenters. The lowest BCUT2D eigenvalue weighted by Gasteiger charge is -2.13. The molecule has 0 aliphatic heterocycles. The van der Waals surface area contributed by atoms with Crippen LogP contribution in [-0.4, -0.2) is 17.9 Å². The maximum atomic E-state index is 11.9. The Morgan fingerprint density at radius 1 is 1.39 bits per heavy atom. The molecule has 1 aromatic rings. The molecule has 0 saturated heterocycles. The lowest BCUT2D eigenvalue weighted by molar-refractivity contribution is -0.128. The van der Waals surface area contributed by atoms with Crippen LogP contribution in [0.5, 0.6) is 0 Å². The van der Waals surface area contributed by atoms with Gasteiger partial charge in [-0.05, 0) is 24.3 Å². The van der Waals surface area contributed by atoms with Crippen LogP contribution in [0.3, 0.4) is 0 Å². The summed E-state index contributed by atoms with van der Waals surface area (Å²) in [5.74, 6) is -0.255. The normalized spacial score (nSPS) is 23.2. The van der Waals surface area contributed by atoms with Crippen LogP contribution in [-0.2, 0) is 9.59 Å². The zero-order chi connectivity index (χ0) is 13.1. The molecule has 0 aromatic heterocycles. The number of rotatable bonds is 5. The molecule has 2 rings (SSSR count). The first-order chi connectivity index (χ1) is 8.63. The van der Waals surface area contributed by atoms with Crippen molar-refractivity contribution in [1.29, 1.82) is 0 Å². The summed E-state index contributed by atoms with van der Waals surface area (Å²) < 4.78 is 0. The van der Waals surface area contributed by atoms with Gasteiger partial charge in [0.2, 0.25) is 11.8 Å². The van der Waals surface area contributed by atoms with Gasteiger partial charge in [-0.3, -0.25) is 9.59 Å². The molecule has 4 nitrogen and oxygen atoms in total. The summed E-state index contributed by atoms with van der Waals surface area (Å²) in [5, 5.41) is 2.71. The molecule has 0 spiro atoms. The minimum atomic E-state index is -0.547. The standard InChI is InChI=1S/C14H18N2O2/c1-2-12(13(15)17)16-14(18)11-8-10(11)9-6-4-3-5-7-9/h3-7,10-12H,2,8H2,1H3,(H2,15,17)(H,16,18)/t10-,11+,12?/m0/s1. The third kappa shape index (κ3) is 2.70. The Morgan fingerprint density at radius 2 is 2.06 bits per heavy atom. The summed E-state index contributed by atoms with van der Waals surface area (Å²) in [6.07, 6.45) is 1.38. The number of hydrogen-bond donors (Lipinski definition) is 2. The molecule has 1 saturated carbocycles. The third-order valence-corrected chi connectivity index (χ3v) is 3.42. The largest absolute Gasteiger partial charge is 0.368 e. The summed E-state index contributed by atoms with van der Waals surface area (Å²) in [6, 6.07) is 9.42. The number of nitrogens with one attached hydrogen (secondary N) is 1. The van der Waals surface area contributed by atoms with Crippen molar-refractivity contribution in [2.45, 2.75) is 31.7 Å². The highest BCUT2D eigenvalue weighted by Crippen LogP contribution is 2.47. The Bertz CT molecular complexity index is 444. The minimum absolute atomic E-state index is 0.0131. The van der Waals surface area contributed by atoms with E-state index in [2.05, 4.69) is 5.32 Å². The van der Waals surface area contributed by atoms with E-state index in [4.69, 9.17) is 5.73 Å². The van der Waals surface area contributed by atoms with Crippen molar-refractivity contribution in [3.63, 3.8) is 0 Å². The number of nitrogens with two attached hydrogens (primary N) is 1. The van der Waals surface area contributed by atoms with Gasteiger partial charge in [0.25, 0.3) is 0 Å². The number of benzene rings is 1. The van der Waals surface area contributed by atoms with Crippen LogP contribution in [0.15, 0.2) is 30.3 Å². The third-order valence-electron chi connectivity index (χ3n) is 3.42. The monoisotopic (exact) mass is 246 g/mol. The van der Waals surface area contributed by atoms with Crippen molar-refractivity contribution in [3.8, 4) is 0 Å². The molecule has 1 aliphatic carbocycles. The fraction of sp³-hybridized carbons (Fsp3) is 0.429. The smallest absolute Gasteiger partial charge is 0.239 e. The van der Waals surface area contributed by atoms with Gasteiger partial charge in [0.15, 0.2) is 0 Å². The molecule has 0 bridgehead atoms. The van der Waals surface area contributed by atoms with Gasteiger partial charge in [0.1, 0.15) is 6.04 Å². The lowest BCUT2D eigenvalue weighted by atomic mass is 10.1. The van der Waals surface area contributed by atoms with Crippen LogP contribution in [0.1, 0.15) is 31.2 Å². The quantitative estimate of drug-likeness (QED) is 0.818. The number of amides is 2. The van der Waals surface area contributed by atoms with E-state index in [1.54, 1.807) is 0 Å². The van der Waals surface area contributed by atoms with Crippen LogP contribution in [0.25, 0.3) is 0 Å². The van der Waals surface area contributed by atoms with E-state index in [1.165, 1.54) is 5.56 Å². The van der Waals surface area contributed by atoms with E-state index in [9.17, 15) is 9.59 Å². The van der Waals surface area contributed by atoms with Gasteiger partial charge >= 0.3 is 0 Å². The Balaban J connectivity index is 1.92. The van der Waals surface area contributed by atoms with Crippen LogP contribution < -0.4 is 11.1 Å². The van der Waals surface area contributed by atoms with Gasteiger partial charge in [0, 0.05) is 5.92 Å². The maximum Gasteiger partial charge on any atom is 0.239 e. The molecule has 1 aliphatic rings. The first kappa shape index (κ1) is 12.6. The van der Waals surface area contributed by atoms with E-state index >= 15 is 0 Å². The topological polar surface area (TPSA) is 72.2 Å². The van der Waals surface area contributed by atoms with E-state index in [0.717, 1.165) is 6.42 Å². The first-order valence-electron chi connectivity index (χ1n) is 6.28. The van der Waals surface area contributed by atoms with E-state index in [1.807, 2.05) is 37.3 Å². The van der Waals surface area contributed by atoms with Crippen molar-refractivity contribution in [1.82, 2.24) is 5.32 Å². The van der Waals surface area contributed by atoms with Crippen LogP contribution >= 0.6 is 0 Å². The highest BCUT2D eigenvalue weighted by molar-refractivity contribution is 5.89. The molecule has 1 aromatic carbocycles. The van der Waals surface area contributed by atoms with Gasteiger partial charge in [-0.1, -0.05) is 37.3 Å². The zero-order valence-corrected chi connectivity index (χ0v) is 10.4. The van der Waals surface area contributed by atoms with Crippen molar-refractivity contribution >= 4 is 11.8 Å². The molecule has 0 heterocycles. The number of carbonyl (C=O) groups excluding carboxylic acids is 2. The second-order valence-corrected chi connectivity index (χ2v) is 4.73. The highest BCUT2D eigenvalue weighted by atomic mass is 16.2. The van der Waals surface area contributed by atoms with Gasteiger partial charge < -0.3 is 11.1 Å². The van der Waals surface area contributed by atoms with Crippen molar-refractivity contribution in [3.05, 3.63) is 35.9 Å². The second kappa shape index (κ2) is 5.21. The summed E-state index contributed by atoms with van der Waals surface area (Å²) in [4.78, 5) is 23.0. The predicted octanol–water partition coefficient (Wildman–Crippen LogP) is 1.17. The van der Waals surface area contributed by atoms with Gasteiger partial charge in [0.05, 0.1) is 0 Å². The molecule has 0 radical (unpaired) electrons. The van der Waals surface area contributed by atoms with Crippen LogP contribution in [0, 0.1) is 5.92 Å². The zero-order valence-electron chi connectivity index (χ0n) is 10.4. The Hall–Kier alpha value is -1.84. The number of hydrogen-bond acceptors (Lipinski definition) is 2. The summed E-state index contributed by atoms with van der Waals surface area (Å²) in [7, 11) is 0. The van der Waals surface area contributed by atoms with E-state index in [0.29, 0.717) is 6.42 Å². The van der Waals surface area contributed by atoms with Crippen molar-refractivity contribution < 1.29 is 9.59 Å². The average molecular weight is 246 g/mol. The van der Waals surface area contributed by atoms with Gasteiger partial charge in [-0.2, -0.15) is 0 Å². The summed E-state index contributed by atoms with van der Waals surface area (Å²) in [6.45, 7) is 1.83. The molecular weight excluding hydrogens is 228 g/mol. The first-order valence-corrected chi connectivity index (χ1v) is 6.28. The fourth-order valence-corrected chi connectivity index (χ4v) is 2.21. The minimum Gasteiger partial charge on any atom is -0.368 e. The Labute approximate surface area is 107 Å². The fourth-order valence-electron chi connectivity index (χ4n) is 2.21. The number of primary amides is 1. The van der Waals surface area contributed by atoms with Gasteiger partial charge in [-0.25, -0.2) is 0 Å². The number of carbonyl (C=O) groups is 2. The summed E-state index contributed by atoms with van der Waals surface area (Å²) >= 11 is 0. The average Bonchev–Trinajstić information content (AvgIpc) is 3.16. The molecule has 1 unspecified atom stereocenters. The van der Waals surface area contributed by atoms with Crippen LogP contribution in [0.2, 0.25) is 0 Å². The predicted molar refractivity (Wildman–Crippen MR) is 68.7 cm³/mol. The van der Waals surface area contributed by atoms with Crippen LogP contribution in [0.4, 0.5) is 0 Å². The van der Waals surface area contributed by atoms with E-state index in [-0.39, 0.29) is 17.7 Å². The maximum absolute atomic E-state index is 11.9. The Kier molecular flexibility index (Phi) is 3.65. The van der Waals surface area contributed by atoms with Gasteiger partial charge in [-0.15, -0.1) is 0 Å². The molecule has 4 heteroatoms. The lowest BCUT2D eigenvalue weighted by Crippen LogP contribution is -2.44. The molecular formula is C14H18N2O2. The highest BCUT2D eigenvalue weighted by Gasteiger charge is 2.44. The van der Waals surface area contributed by atoms with Crippen molar-refractivity contribution in [2.75, 3.05) is 0 Å². The second-order valence-electron chi connectivity index (χ2n) is 4.73. The molecule has 2 amide bonds.